The highest BCUT2D eigenvalue weighted by atomic mass is 16.4. The van der Waals surface area contributed by atoms with E-state index in [1.165, 1.54) is 4.90 Å². The van der Waals surface area contributed by atoms with Crippen molar-refractivity contribution in [3.05, 3.63) is 35.9 Å². The van der Waals surface area contributed by atoms with Crippen LogP contribution in [0.3, 0.4) is 0 Å². The number of likely N-dealkylation sites (N-methyl/N-ethyl adjacent to an activating group) is 1. The summed E-state index contributed by atoms with van der Waals surface area (Å²) in [6.07, 6.45) is 1.90. The smallest absolute Gasteiger partial charge is 0.326 e. The lowest BCUT2D eigenvalue weighted by Gasteiger charge is -2.21. The molecule has 2 N–H and O–H groups in total. The van der Waals surface area contributed by atoms with Gasteiger partial charge in [-0.15, -0.1) is 0 Å². The van der Waals surface area contributed by atoms with E-state index in [1.807, 2.05) is 37.3 Å². The number of urea groups is 1. The van der Waals surface area contributed by atoms with Gasteiger partial charge in [0.25, 0.3) is 0 Å². The van der Waals surface area contributed by atoms with Gasteiger partial charge in [-0.1, -0.05) is 43.7 Å². The molecule has 0 aliphatic rings. The number of hydrogen-bond donors (Lipinski definition) is 2. The molecule has 1 aromatic carbocycles. The molecule has 0 radical (unpaired) electrons. The number of rotatable bonds is 7. The lowest BCUT2D eigenvalue weighted by molar-refractivity contribution is -0.139. The van der Waals surface area contributed by atoms with Crippen LogP contribution in [0.25, 0.3) is 0 Å². The summed E-state index contributed by atoms with van der Waals surface area (Å²) in [5, 5.41) is 11.6. The van der Waals surface area contributed by atoms with Crippen molar-refractivity contribution in [2.24, 2.45) is 0 Å². The fourth-order valence-corrected chi connectivity index (χ4v) is 1.85. The van der Waals surface area contributed by atoms with Gasteiger partial charge >= 0.3 is 12.0 Å². The minimum absolute atomic E-state index is 0.346. The molecule has 0 saturated heterocycles. The summed E-state index contributed by atoms with van der Waals surface area (Å²) in [7, 11) is 1.67. The van der Waals surface area contributed by atoms with Gasteiger partial charge in [0.05, 0.1) is 0 Å². The number of carboxylic acid groups (broad SMARTS) is 1. The van der Waals surface area contributed by atoms with Crippen LogP contribution in [0.5, 0.6) is 0 Å². The molecule has 5 nitrogen and oxygen atoms in total. The first-order chi connectivity index (χ1) is 9.54. The monoisotopic (exact) mass is 278 g/mol. The molecule has 0 fully saturated rings. The summed E-state index contributed by atoms with van der Waals surface area (Å²) in [5.41, 5.74) is 1.15. The Hall–Kier alpha value is -2.04. The van der Waals surface area contributed by atoms with E-state index in [0.717, 1.165) is 12.0 Å². The molecule has 20 heavy (non-hydrogen) atoms. The second-order valence-corrected chi connectivity index (χ2v) is 4.79. The van der Waals surface area contributed by atoms with E-state index in [1.54, 1.807) is 7.05 Å². The molecule has 5 heteroatoms. The molecule has 1 rings (SSSR count). The molecule has 0 saturated carbocycles. The van der Waals surface area contributed by atoms with Crippen LogP contribution in [-0.2, 0) is 11.2 Å². The van der Waals surface area contributed by atoms with Crippen LogP contribution in [0.15, 0.2) is 30.3 Å². The fourth-order valence-electron chi connectivity index (χ4n) is 1.85. The van der Waals surface area contributed by atoms with Crippen molar-refractivity contribution in [2.45, 2.75) is 32.2 Å². The summed E-state index contributed by atoms with van der Waals surface area (Å²) < 4.78 is 0. The highest BCUT2D eigenvalue weighted by molar-refractivity contribution is 5.82. The Morgan fingerprint density at radius 1 is 1.30 bits per heavy atom. The molecular formula is C15H22N2O3. The van der Waals surface area contributed by atoms with Gasteiger partial charge in [-0.25, -0.2) is 9.59 Å². The quantitative estimate of drug-likeness (QED) is 0.802. The maximum absolute atomic E-state index is 11.9. The molecule has 0 heterocycles. The number of aliphatic carboxylic acids is 1. The highest BCUT2D eigenvalue weighted by Crippen LogP contribution is 2.02. The third-order valence-electron chi connectivity index (χ3n) is 3.10. The Bertz CT molecular complexity index is 434. The minimum Gasteiger partial charge on any atom is -0.480 e. The van der Waals surface area contributed by atoms with E-state index in [2.05, 4.69) is 5.32 Å². The molecule has 0 aliphatic heterocycles. The van der Waals surface area contributed by atoms with E-state index < -0.39 is 12.0 Å². The largest absolute Gasteiger partial charge is 0.480 e. The van der Waals surface area contributed by atoms with Gasteiger partial charge in [0.15, 0.2) is 0 Å². The van der Waals surface area contributed by atoms with Crippen molar-refractivity contribution in [1.82, 2.24) is 10.2 Å². The second kappa shape index (κ2) is 8.19. The first kappa shape index (κ1) is 16.0. The van der Waals surface area contributed by atoms with Crippen molar-refractivity contribution in [2.75, 3.05) is 13.6 Å². The predicted octanol–water partition coefficient (Wildman–Crippen LogP) is 2.12. The Morgan fingerprint density at radius 3 is 2.50 bits per heavy atom. The first-order valence-electron chi connectivity index (χ1n) is 6.83. The van der Waals surface area contributed by atoms with Gasteiger partial charge < -0.3 is 15.3 Å². The van der Waals surface area contributed by atoms with Gasteiger partial charge in [-0.2, -0.15) is 0 Å². The van der Waals surface area contributed by atoms with E-state index in [0.29, 0.717) is 19.4 Å². The van der Waals surface area contributed by atoms with Gasteiger partial charge in [-0.05, 0) is 18.4 Å². The number of amides is 2. The third-order valence-corrected chi connectivity index (χ3v) is 3.10. The zero-order chi connectivity index (χ0) is 15.0. The summed E-state index contributed by atoms with van der Waals surface area (Å²) in [6, 6.07) is 8.70. The van der Waals surface area contributed by atoms with E-state index >= 15 is 0 Å². The van der Waals surface area contributed by atoms with Crippen LogP contribution in [0.4, 0.5) is 4.79 Å². The summed E-state index contributed by atoms with van der Waals surface area (Å²) in [4.78, 5) is 24.4. The van der Waals surface area contributed by atoms with E-state index in [-0.39, 0.29) is 6.03 Å². The second-order valence-electron chi connectivity index (χ2n) is 4.79. The average Bonchev–Trinajstić information content (AvgIpc) is 2.45. The summed E-state index contributed by atoms with van der Waals surface area (Å²) in [6.45, 7) is 2.44. The van der Waals surface area contributed by atoms with Gasteiger partial charge in [0, 0.05) is 13.6 Å². The standard InChI is InChI=1S/C15H22N2O3/c1-3-7-13(14(18)19)16-15(20)17(2)11-10-12-8-5-4-6-9-12/h4-6,8-9,13H,3,7,10-11H2,1-2H3,(H,16,20)(H,18,19)/t13-/m1/s1. The average molecular weight is 278 g/mol. The lowest BCUT2D eigenvalue weighted by Crippen LogP contribution is -2.47. The minimum atomic E-state index is -0.989. The number of carbonyl (C=O) groups excluding carboxylic acids is 1. The van der Waals surface area contributed by atoms with Crippen LogP contribution in [0, 0.1) is 0 Å². The van der Waals surface area contributed by atoms with Crippen molar-refractivity contribution in [3.63, 3.8) is 0 Å². The molecular weight excluding hydrogens is 256 g/mol. The number of hydrogen-bond acceptors (Lipinski definition) is 2. The molecule has 0 unspecified atom stereocenters. The summed E-state index contributed by atoms with van der Waals surface area (Å²) in [5.74, 6) is -0.989. The number of carboxylic acids is 1. The zero-order valence-corrected chi connectivity index (χ0v) is 12.0. The molecule has 0 spiro atoms. The lowest BCUT2D eigenvalue weighted by atomic mass is 10.1. The molecule has 2 amide bonds. The van der Waals surface area contributed by atoms with Crippen LogP contribution in [0.2, 0.25) is 0 Å². The predicted molar refractivity (Wildman–Crippen MR) is 77.6 cm³/mol. The Balaban J connectivity index is 2.44. The zero-order valence-electron chi connectivity index (χ0n) is 12.0. The van der Waals surface area contributed by atoms with Crippen LogP contribution < -0.4 is 5.32 Å². The number of nitrogens with one attached hydrogen (secondary N) is 1. The number of nitrogens with zero attached hydrogens (tertiary/aromatic N) is 1. The number of carbonyl (C=O) groups is 2. The molecule has 0 bridgehead atoms. The van der Waals surface area contributed by atoms with Crippen LogP contribution in [0.1, 0.15) is 25.3 Å². The summed E-state index contributed by atoms with van der Waals surface area (Å²) >= 11 is 0. The fraction of sp³-hybridized carbons (Fsp3) is 0.467. The third kappa shape index (κ3) is 5.30. The van der Waals surface area contributed by atoms with Crippen LogP contribution in [-0.4, -0.2) is 41.6 Å². The van der Waals surface area contributed by atoms with Crippen molar-refractivity contribution >= 4 is 12.0 Å². The Morgan fingerprint density at radius 2 is 1.95 bits per heavy atom. The van der Waals surface area contributed by atoms with Crippen LogP contribution >= 0.6 is 0 Å². The maximum Gasteiger partial charge on any atom is 0.326 e. The van der Waals surface area contributed by atoms with Crippen molar-refractivity contribution < 1.29 is 14.7 Å². The van der Waals surface area contributed by atoms with E-state index in [9.17, 15) is 9.59 Å². The highest BCUT2D eigenvalue weighted by Gasteiger charge is 2.20. The molecule has 1 atom stereocenters. The first-order valence-corrected chi connectivity index (χ1v) is 6.83. The normalized spacial score (nSPS) is 11.7. The van der Waals surface area contributed by atoms with E-state index in [4.69, 9.17) is 5.11 Å². The molecule has 0 aliphatic carbocycles. The molecule has 0 aromatic heterocycles. The van der Waals surface area contributed by atoms with Gasteiger partial charge in [0.2, 0.25) is 0 Å². The van der Waals surface area contributed by atoms with Gasteiger partial charge in [-0.3, -0.25) is 0 Å². The maximum atomic E-state index is 11.9. The van der Waals surface area contributed by atoms with Gasteiger partial charge in [0.1, 0.15) is 6.04 Å². The van der Waals surface area contributed by atoms with Crippen molar-refractivity contribution in [3.8, 4) is 0 Å². The SMILES string of the molecule is CCC[C@@H](NC(=O)N(C)CCc1ccccc1)C(=O)O. The molecule has 1 aromatic rings. The topological polar surface area (TPSA) is 69.6 Å². The molecule has 110 valence electrons. The van der Waals surface area contributed by atoms with Crippen molar-refractivity contribution in [1.29, 1.82) is 0 Å². The Labute approximate surface area is 119 Å². The number of benzene rings is 1. The Kier molecular flexibility index (Phi) is 6.56.